The molecule has 0 spiro atoms. The van der Waals surface area contributed by atoms with E-state index >= 15 is 0 Å². The summed E-state index contributed by atoms with van der Waals surface area (Å²) in [5.41, 5.74) is 0.0282. The third-order valence-corrected chi connectivity index (χ3v) is 5.31. The van der Waals surface area contributed by atoms with E-state index in [-0.39, 0.29) is 36.0 Å². The summed E-state index contributed by atoms with van der Waals surface area (Å²) in [4.78, 5) is 4.77. The lowest BCUT2D eigenvalue weighted by Crippen LogP contribution is -2.39. The van der Waals surface area contributed by atoms with Gasteiger partial charge in [0.1, 0.15) is 0 Å². The molecule has 0 bridgehead atoms. The van der Waals surface area contributed by atoms with Crippen LogP contribution in [-0.2, 0) is 4.74 Å². The van der Waals surface area contributed by atoms with Gasteiger partial charge < -0.3 is 20.5 Å². The largest absolute Gasteiger partial charge is 0.396 e. The Morgan fingerprint density at radius 2 is 2.04 bits per heavy atom. The van der Waals surface area contributed by atoms with Gasteiger partial charge in [0.25, 0.3) is 0 Å². The predicted octanol–water partition coefficient (Wildman–Crippen LogP) is 2.92. The molecular weight excluding hydrogens is 417 g/mol. The second-order valence-corrected chi connectivity index (χ2v) is 7.19. The quantitative estimate of drug-likeness (QED) is 0.301. The van der Waals surface area contributed by atoms with Gasteiger partial charge in [0, 0.05) is 31.7 Å². The van der Waals surface area contributed by atoms with E-state index in [2.05, 4.69) is 17.6 Å². The maximum Gasteiger partial charge on any atom is 0.191 e. The van der Waals surface area contributed by atoms with Crippen molar-refractivity contribution in [1.82, 2.24) is 10.6 Å². The van der Waals surface area contributed by atoms with Gasteiger partial charge in [0.05, 0.1) is 13.2 Å². The average Bonchev–Trinajstić information content (AvgIpc) is 3.03. The molecule has 3 N–H and O–H groups in total. The van der Waals surface area contributed by atoms with Gasteiger partial charge >= 0.3 is 0 Å². The lowest BCUT2D eigenvalue weighted by atomic mass is 9.84. The summed E-state index contributed by atoms with van der Waals surface area (Å²) in [6, 6.07) is 0. The molecule has 1 saturated carbocycles. The van der Waals surface area contributed by atoms with Crippen LogP contribution in [0.25, 0.3) is 0 Å². The molecule has 0 aromatic rings. The fourth-order valence-corrected chi connectivity index (χ4v) is 3.75. The first-order valence-electron chi connectivity index (χ1n) is 9.49. The van der Waals surface area contributed by atoms with Gasteiger partial charge in [-0.3, -0.25) is 4.99 Å². The smallest absolute Gasteiger partial charge is 0.191 e. The highest BCUT2D eigenvalue weighted by molar-refractivity contribution is 14.0. The van der Waals surface area contributed by atoms with Crippen molar-refractivity contribution < 1.29 is 9.84 Å². The maximum atomic E-state index is 9.31. The van der Waals surface area contributed by atoms with Crippen molar-refractivity contribution in [2.75, 3.05) is 39.5 Å². The Morgan fingerprint density at radius 1 is 1.25 bits per heavy atom. The molecule has 1 aliphatic carbocycles. The van der Waals surface area contributed by atoms with Crippen LogP contribution in [-0.4, -0.2) is 50.5 Å². The molecule has 0 aromatic carbocycles. The Labute approximate surface area is 164 Å². The molecule has 1 unspecified atom stereocenters. The molecule has 1 aliphatic heterocycles. The van der Waals surface area contributed by atoms with E-state index in [1.807, 2.05) is 0 Å². The van der Waals surface area contributed by atoms with Gasteiger partial charge in [-0.15, -0.1) is 24.0 Å². The van der Waals surface area contributed by atoms with Crippen LogP contribution >= 0.6 is 24.0 Å². The van der Waals surface area contributed by atoms with Crippen LogP contribution in [0.3, 0.4) is 0 Å². The number of halogens is 1. The number of ether oxygens (including phenoxy) is 1. The number of guanidine groups is 1. The SMILES string of the molecule is CCNC(=NCC1(CCO)CCOC1)NCCC1CCCCC1.I. The van der Waals surface area contributed by atoms with E-state index in [9.17, 15) is 5.11 Å². The van der Waals surface area contributed by atoms with Gasteiger partial charge in [-0.25, -0.2) is 0 Å². The molecule has 1 atom stereocenters. The van der Waals surface area contributed by atoms with Crippen molar-refractivity contribution >= 4 is 29.9 Å². The van der Waals surface area contributed by atoms with Crippen LogP contribution in [0.1, 0.15) is 58.3 Å². The minimum absolute atomic E-state index is 0. The minimum Gasteiger partial charge on any atom is -0.396 e. The third kappa shape index (κ3) is 7.44. The fourth-order valence-electron chi connectivity index (χ4n) is 3.75. The van der Waals surface area contributed by atoms with Crippen LogP contribution in [0.4, 0.5) is 0 Å². The molecular formula is C18H36IN3O2. The molecule has 2 rings (SSSR count). The van der Waals surface area contributed by atoms with Gasteiger partial charge in [0.2, 0.25) is 0 Å². The Kier molecular flexibility index (Phi) is 11.3. The first-order valence-corrected chi connectivity index (χ1v) is 9.49. The number of nitrogens with one attached hydrogen (secondary N) is 2. The first kappa shape index (κ1) is 22.0. The van der Waals surface area contributed by atoms with E-state index in [1.54, 1.807) is 0 Å². The summed E-state index contributed by atoms with van der Waals surface area (Å²) in [5.74, 6) is 1.80. The zero-order valence-corrected chi connectivity index (χ0v) is 17.5. The molecule has 1 heterocycles. The summed E-state index contributed by atoms with van der Waals surface area (Å²) < 4.78 is 5.54. The molecule has 0 amide bonds. The topological polar surface area (TPSA) is 65.9 Å². The van der Waals surface area contributed by atoms with Crippen LogP contribution in [0.2, 0.25) is 0 Å². The number of rotatable bonds is 8. The van der Waals surface area contributed by atoms with Crippen LogP contribution in [0.5, 0.6) is 0 Å². The van der Waals surface area contributed by atoms with E-state index in [0.29, 0.717) is 0 Å². The van der Waals surface area contributed by atoms with Crippen molar-refractivity contribution in [3.8, 4) is 0 Å². The van der Waals surface area contributed by atoms with Crippen LogP contribution < -0.4 is 10.6 Å². The molecule has 0 radical (unpaired) electrons. The number of nitrogens with zero attached hydrogens (tertiary/aromatic N) is 1. The molecule has 2 fully saturated rings. The summed E-state index contributed by atoms with van der Waals surface area (Å²) in [7, 11) is 0. The Hall–Kier alpha value is -0.0800. The molecule has 0 aromatic heterocycles. The number of hydrogen-bond donors (Lipinski definition) is 3. The van der Waals surface area contributed by atoms with Gasteiger partial charge in [-0.05, 0) is 32.1 Å². The van der Waals surface area contributed by atoms with Crippen molar-refractivity contribution in [2.45, 2.75) is 58.3 Å². The molecule has 1 saturated heterocycles. The summed E-state index contributed by atoms with van der Waals surface area (Å²) in [6.07, 6.45) is 10.0. The highest BCUT2D eigenvalue weighted by Crippen LogP contribution is 2.32. The summed E-state index contributed by atoms with van der Waals surface area (Å²) >= 11 is 0. The van der Waals surface area contributed by atoms with E-state index in [4.69, 9.17) is 9.73 Å². The summed E-state index contributed by atoms with van der Waals surface area (Å²) in [5, 5.41) is 16.1. The van der Waals surface area contributed by atoms with Gasteiger partial charge in [0.15, 0.2) is 5.96 Å². The average molecular weight is 453 g/mol. The maximum absolute atomic E-state index is 9.31. The number of aliphatic hydroxyl groups is 1. The van der Waals surface area contributed by atoms with E-state index in [1.165, 1.54) is 38.5 Å². The van der Waals surface area contributed by atoms with E-state index in [0.717, 1.165) is 57.6 Å². The molecule has 2 aliphatic rings. The number of hydrogen-bond acceptors (Lipinski definition) is 3. The summed E-state index contributed by atoms with van der Waals surface area (Å²) in [6.45, 7) is 6.43. The Balaban J connectivity index is 0.00000288. The zero-order chi connectivity index (χ0) is 16.4. The lowest BCUT2D eigenvalue weighted by Gasteiger charge is -2.25. The Morgan fingerprint density at radius 3 is 2.67 bits per heavy atom. The third-order valence-electron chi connectivity index (χ3n) is 5.31. The number of aliphatic hydroxyl groups excluding tert-OH is 1. The monoisotopic (exact) mass is 453 g/mol. The Bertz CT molecular complexity index is 354. The standard InChI is InChI=1S/C18H35N3O2.HI/c1-2-19-17(20-11-8-16-6-4-3-5-7-16)21-14-18(9-12-22)10-13-23-15-18;/h16,22H,2-15H2,1H3,(H2,19,20,21);1H. The fraction of sp³-hybridized carbons (Fsp3) is 0.944. The highest BCUT2D eigenvalue weighted by atomic mass is 127. The first-order chi connectivity index (χ1) is 11.3. The van der Waals surface area contributed by atoms with Crippen LogP contribution in [0.15, 0.2) is 4.99 Å². The van der Waals surface area contributed by atoms with Crippen molar-refractivity contribution in [2.24, 2.45) is 16.3 Å². The van der Waals surface area contributed by atoms with E-state index < -0.39 is 0 Å². The number of aliphatic imine (C=N–C) groups is 1. The molecule has 5 nitrogen and oxygen atoms in total. The zero-order valence-electron chi connectivity index (χ0n) is 15.2. The van der Waals surface area contributed by atoms with Crippen molar-refractivity contribution in [3.63, 3.8) is 0 Å². The second-order valence-electron chi connectivity index (χ2n) is 7.19. The molecule has 142 valence electrons. The normalized spacial score (nSPS) is 25.3. The lowest BCUT2D eigenvalue weighted by molar-refractivity contribution is 0.131. The van der Waals surface area contributed by atoms with Gasteiger partial charge in [-0.2, -0.15) is 0 Å². The van der Waals surface area contributed by atoms with Gasteiger partial charge in [-0.1, -0.05) is 32.1 Å². The minimum atomic E-state index is 0. The van der Waals surface area contributed by atoms with Crippen molar-refractivity contribution in [3.05, 3.63) is 0 Å². The van der Waals surface area contributed by atoms with Crippen LogP contribution in [0, 0.1) is 11.3 Å². The highest BCUT2D eigenvalue weighted by Gasteiger charge is 2.34. The molecule has 6 heteroatoms. The second kappa shape index (κ2) is 12.3. The predicted molar refractivity (Wildman–Crippen MR) is 110 cm³/mol. The van der Waals surface area contributed by atoms with Crippen molar-refractivity contribution in [1.29, 1.82) is 0 Å². The molecule has 24 heavy (non-hydrogen) atoms.